The third-order valence-electron chi connectivity index (χ3n) is 1.70. The van der Waals surface area contributed by atoms with Crippen LogP contribution in [0.25, 0.3) is 0 Å². The van der Waals surface area contributed by atoms with Crippen molar-refractivity contribution in [1.82, 2.24) is 10.6 Å². The van der Waals surface area contributed by atoms with Crippen molar-refractivity contribution in [2.75, 3.05) is 7.05 Å². The van der Waals surface area contributed by atoms with Gasteiger partial charge in [0, 0.05) is 0 Å². The third kappa shape index (κ3) is 4.91. The molecule has 0 radical (unpaired) electrons. The van der Waals surface area contributed by atoms with Gasteiger partial charge in [-0.05, 0) is 19.5 Å². The van der Waals surface area contributed by atoms with Crippen molar-refractivity contribution >= 4 is 5.91 Å². The molecule has 0 fully saturated rings. The molecule has 2 N–H and O–H groups in total. The van der Waals surface area contributed by atoms with Crippen LogP contribution in [0.15, 0.2) is 12.7 Å². The summed E-state index contributed by atoms with van der Waals surface area (Å²) in [5.41, 5.74) is 0. The monoisotopic (exact) mass is 170 g/mol. The van der Waals surface area contributed by atoms with Crippen molar-refractivity contribution in [3.8, 4) is 0 Å². The Labute approximate surface area is 74.2 Å². The lowest BCUT2D eigenvalue weighted by Crippen LogP contribution is -2.42. The number of unbranched alkanes of at least 4 members (excludes halogenated alkanes) is 1. The zero-order chi connectivity index (χ0) is 9.40. The van der Waals surface area contributed by atoms with Gasteiger partial charge < -0.3 is 10.6 Å². The molecule has 1 amide bonds. The second-order valence-corrected chi connectivity index (χ2v) is 2.70. The highest BCUT2D eigenvalue weighted by Gasteiger charge is 2.05. The van der Waals surface area contributed by atoms with E-state index in [9.17, 15) is 4.79 Å². The predicted octanol–water partition coefficient (Wildman–Crippen LogP) is 1.02. The van der Waals surface area contributed by atoms with Crippen LogP contribution < -0.4 is 10.6 Å². The van der Waals surface area contributed by atoms with Crippen LogP contribution in [-0.4, -0.2) is 19.1 Å². The lowest BCUT2D eigenvalue weighted by molar-refractivity contribution is -0.117. The second kappa shape index (κ2) is 6.85. The van der Waals surface area contributed by atoms with E-state index in [1.807, 2.05) is 7.05 Å². The lowest BCUT2D eigenvalue weighted by Gasteiger charge is -2.16. The number of nitrogens with one attached hydrogen (secondary N) is 2. The average Bonchev–Trinajstić information content (AvgIpc) is 2.11. The molecule has 1 atom stereocenters. The molecule has 0 aliphatic rings. The maximum atomic E-state index is 10.9. The van der Waals surface area contributed by atoms with Gasteiger partial charge in [-0.2, -0.15) is 0 Å². The number of amides is 1. The maximum Gasteiger partial charge on any atom is 0.244 e. The highest BCUT2D eigenvalue weighted by molar-refractivity contribution is 5.87. The molecule has 3 heteroatoms. The summed E-state index contributed by atoms with van der Waals surface area (Å²) in [6, 6.07) is 0. The molecule has 0 rings (SSSR count). The minimum absolute atomic E-state index is 0.0791. The molecule has 0 bridgehead atoms. The van der Waals surface area contributed by atoms with Crippen molar-refractivity contribution in [3.63, 3.8) is 0 Å². The van der Waals surface area contributed by atoms with Gasteiger partial charge in [0.05, 0.1) is 6.17 Å². The van der Waals surface area contributed by atoms with Gasteiger partial charge in [-0.15, -0.1) is 0 Å². The number of hydrogen-bond donors (Lipinski definition) is 2. The second-order valence-electron chi connectivity index (χ2n) is 2.70. The van der Waals surface area contributed by atoms with Crippen LogP contribution in [0, 0.1) is 0 Å². The Balaban J connectivity index is 3.66. The van der Waals surface area contributed by atoms with Gasteiger partial charge in [0.25, 0.3) is 0 Å². The quantitative estimate of drug-likeness (QED) is 0.461. The Morgan fingerprint density at radius 3 is 2.75 bits per heavy atom. The van der Waals surface area contributed by atoms with E-state index in [0.29, 0.717) is 0 Å². The van der Waals surface area contributed by atoms with E-state index in [2.05, 4.69) is 24.1 Å². The first-order valence-corrected chi connectivity index (χ1v) is 4.34. The van der Waals surface area contributed by atoms with Crippen LogP contribution in [-0.2, 0) is 4.79 Å². The van der Waals surface area contributed by atoms with E-state index in [1.54, 1.807) is 0 Å². The molecule has 0 saturated carbocycles. The normalized spacial score (nSPS) is 12.2. The van der Waals surface area contributed by atoms with Gasteiger partial charge in [0.2, 0.25) is 5.91 Å². The third-order valence-corrected chi connectivity index (χ3v) is 1.70. The largest absolute Gasteiger partial charge is 0.337 e. The van der Waals surface area contributed by atoms with Crippen LogP contribution in [0.1, 0.15) is 26.2 Å². The van der Waals surface area contributed by atoms with Crippen molar-refractivity contribution in [2.45, 2.75) is 32.4 Å². The molecule has 0 aliphatic carbocycles. The SMILES string of the molecule is C=CC(=O)NC(CCCC)NC. The smallest absolute Gasteiger partial charge is 0.244 e. The van der Waals surface area contributed by atoms with Crippen molar-refractivity contribution in [2.24, 2.45) is 0 Å². The fraction of sp³-hybridized carbons (Fsp3) is 0.667. The van der Waals surface area contributed by atoms with Crippen LogP contribution in [0.4, 0.5) is 0 Å². The molecule has 3 nitrogen and oxygen atoms in total. The predicted molar refractivity (Wildman–Crippen MR) is 50.7 cm³/mol. The highest BCUT2D eigenvalue weighted by atomic mass is 16.1. The minimum atomic E-state index is -0.120. The van der Waals surface area contributed by atoms with E-state index >= 15 is 0 Å². The number of hydrogen-bond acceptors (Lipinski definition) is 2. The first-order valence-electron chi connectivity index (χ1n) is 4.34. The molecule has 0 aromatic carbocycles. The summed E-state index contributed by atoms with van der Waals surface area (Å²) < 4.78 is 0. The first-order chi connectivity index (χ1) is 5.74. The molecule has 70 valence electrons. The van der Waals surface area contributed by atoms with Gasteiger partial charge in [-0.25, -0.2) is 0 Å². The van der Waals surface area contributed by atoms with Crippen molar-refractivity contribution in [3.05, 3.63) is 12.7 Å². The zero-order valence-corrected chi connectivity index (χ0v) is 7.89. The fourth-order valence-corrected chi connectivity index (χ4v) is 0.928. The van der Waals surface area contributed by atoms with E-state index in [4.69, 9.17) is 0 Å². The first kappa shape index (κ1) is 11.2. The Morgan fingerprint density at radius 1 is 1.67 bits per heavy atom. The Bertz CT molecular complexity index is 145. The average molecular weight is 170 g/mol. The van der Waals surface area contributed by atoms with Crippen molar-refractivity contribution in [1.29, 1.82) is 0 Å². The molecule has 0 heterocycles. The summed E-state index contributed by atoms with van der Waals surface area (Å²) in [4.78, 5) is 10.9. The van der Waals surface area contributed by atoms with Gasteiger partial charge in [0.15, 0.2) is 0 Å². The summed E-state index contributed by atoms with van der Waals surface area (Å²) in [6.07, 6.45) is 4.59. The van der Waals surface area contributed by atoms with Gasteiger partial charge in [-0.3, -0.25) is 4.79 Å². The topological polar surface area (TPSA) is 41.1 Å². The Morgan fingerprint density at radius 2 is 2.33 bits per heavy atom. The van der Waals surface area contributed by atoms with Crippen LogP contribution in [0.3, 0.4) is 0 Å². The standard InChI is InChI=1S/C9H18N2O/c1-4-6-7-8(10-3)11-9(12)5-2/h5,8,10H,2,4,6-7H2,1,3H3,(H,11,12). The maximum absolute atomic E-state index is 10.9. The van der Waals surface area contributed by atoms with E-state index < -0.39 is 0 Å². The molecule has 1 unspecified atom stereocenters. The van der Waals surface area contributed by atoms with Crippen LogP contribution >= 0.6 is 0 Å². The summed E-state index contributed by atoms with van der Waals surface area (Å²) in [5.74, 6) is -0.120. The van der Waals surface area contributed by atoms with Crippen LogP contribution in [0.2, 0.25) is 0 Å². The molecule has 0 aliphatic heterocycles. The minimum Gasteiger partial charge on any atom is -0.337 e. The lowest BCUT2D eigenvalue weighted by atomic mass is 10.2. The Kier molecular flexibility index (Phi) is 6.38. The number of carbonyl (C=O) groups excluding carboxylic acids is 1. The molecule has 0 spiro atoms. The molecular formula is C9H18N2O. The number of carbonyl (C=O) groups is 1. The molecule has 0 saturated heterocycles. The molecule has 0 aromatic heterocycles. The van der Waals surface area contributed by atoms with Crippen molar-refractivity contribution < 1.29 is 4.79 Å². The molecule has 12 heavy (non-hydrogen) atoms. The summed E-state index contributed by atoms with van der Waals surface area (Å²) in [6.45, 7) is 5.52. The summed E-state index contributed by atoms with van der Waals surface area (Å²) in [5, 5.41) is 5.81. The van der Waals surface area contributed by atoms with E-state index in [0.717, 1.165) is 19.3 Å². The molecule has 0 aromatic rings. The highest BCUT2D eigenvalue weighted by Crippen LogP contribution is 1.96. The fourth-order valence-electron chi connectivity index (χ4n) is 0.928. The van der Waals surface area contributed by atoms with Gasteiger partial charge in [0.1, 0.15) is 0 Å². The Hall–Kier alpha value is -0.830. The summed E-state index contributed by atoms with van der Waals surface area (Å²) >= 11 is 0. The molecular weight excluding hydrogens is 152 g/mol. The zero-order valence-electron chi connectivity index (χ0n) is 7.89. The van der Waals surface area contributed by atoms with Crippen LogP contribution in [0.5, 0.6) is 0 Å². The van der Waals surface area contributed by atoms with Gasteiger partial charge >= 0.3 is 0 Å². The van der Waals surface area contributed by atoms with E-state index in [1.165, 1.54) is 6.08 Å². The summed E-state index contributed by atoms with van der Waals surface area (Å²) in [7, 11) is 1.84. The van der Waals surface area contributed by atoms with E-state index in [-0.39, 0.29) is 12.1 Å². The van der Waals surface area contributed by atoms with Gasteiger partial charge in [-0.1, -0.05) is 26.3 Å². The number of rotatable bonds is 6.